The normalized spacial score (nSPS) is 19.7. The fourth-order valence-electron chi connectivity index (χ4n) is 2.34. The minimum Gasteiger partial charge on any atom is -0.388 e. The summed E-state index contributed by atoms with van der Waals surface area (Å²) in [6.07, 6.45) is 1.38. The predicted octanol–water partition coefficient (Wildman–Crippen LogP) is 2.17. The molecular formula is C13H18FNO. The van der Waals surface area contributed by atoms with Crippen LogP contribution in [0.4, 0.5) is 4.39 Å². The number of aryl methyl sites for hydroxylation is 1. The zero-order chi connectivity index (χ0) is 11.5. The maximum absolute atomic E-state index is 13.2. The Kier molecular flexibility index (Phi) is 3.56. The average Bonchev–Trinajstić information content (AvgIpc) is 2.32. The quantitative estimate of drug-likeness (QED) is 0.805. The summed E-state index contributed by atoms with van der Waals surface area (Å²) in [5.74, 6) is -0.0182. The first kappa shape index (κ1) is 11.6. The summed E-state index contributed by atoms with van der Waals surface area (Å²) in [7, 11) is 0. The largest absolute Gasteiger partial charge is 0.388 e. The molecule has 2 N–H and O–H groups in total. The van der Waals surface area contributed by atoms with Crippen LogP contribution in [-0.4, -0.2) is 18.2 Å². The number of piperidine rings is 1. The lowest BCUT2D eigenvalue weighted by molar-refractivity contribution is 0.0881. The van der Waals surface area contributed by atoms with E-state index in [0.29, 0.717) is 0 Å². The first-order valence-electron chi connectivity index (χ1n) is 5.83. The highest BCUT2D eigenvalue weighted by Crippen LogP contribution is 2.30. The van der Waals surface area contributed by atoms with Gasteiger partial charge in [0, 0.05) is 0 Å². The summed E-state index contributed by atoms with van der Waals surface area (Å²) >= 11 is 0. The van der Waals surface area contributed by atoms with E-state index >= 15 is 0 Å². The molecule has 0 bridgehead atoms. The van der Waals surface area contributed by atoms with E-state index in [4.69, 9.17) is 0 Å². The van der Waals surface area contributed by atoms with Crippen molar-refractivity contribution in [2.75, 3.05) is 13.1 Å². The van der Waals surface area contributed by atoms with Gasteiger partial charge in [-0.3, -0.25) is 0 Å². The van der Waals surface area contributed by atoms with Crippen LogP contribution in [0.5, 0.6) is 0 Å². The molecule has 1 aromatic rings. The van der Waals surface area contributed by atoms with Crippen molar-refractivity contribution in [1.82, 2.24) is 5.32 Å². The van der Waals surface area contributed by atoms with E-state index < -0.39 is 6.10 Å². The molecule has 0 aromatic heterocycles. The van der Waals surface area contributed by atoms with Crippen molar-refractivity contribution in [1.29, 1.82) is 0 Å². The van der Waals surface area contributed by atoms with Crippen molar-refractivity contribution in [2.45, 2.75) is 25.9 Å². The number of halogens is 1. The van der Waals surface area contributed by atoms with E-state index in [1.165, 1.54) is 12.1 Å². The highest BCUT2D eigenvalue weighted by atomic mass is 19.1. The molecule has 1 saturated heterocycles. The van der Waals surface area contributed by atoms with Crippen LogP contribution in [-0.2, 0) is 0 Å². The Labute approximate surface area is 95.5 Å². The number of nitrogens with one attached hydrogen (secondary N) is 1. The van der Waals surface area contributed by atoms with Gasteiger partial charge in [-0.2, -0.15) is 0 Å². The van der Waals surface area contributed by atoms with E-state index in [-0.39, 0.29) is 11.7 Å². The Bertz CT molecular complexity index is 361. The van der Waals surface area contributed by atoms with Gasteiger partial charge in [-0.05, 0) is 62.0 Å². The monoisotopic (exact) mass is 223 g/mol. The minimum atomic E-state index is -0.530. The number of hydrogen-bond acceptors (Lipinski definition) is 2. The molecule has 2 rings (SSSR count). The molecule has 0 aliphatic carbocycles. The molecule has 0 spiro atoms. The van der Waals surface area contributed by atoms with Crippen molar-refractivity contribution in [2.24, 2.45) is 5.92 Å². The van der Waals surface area contributed by atoms with Crippen LogP contribution >= 0.6 is 0 Å². The summed E-state index contributed by atoms with van der Waals surface area (Å²) in [6, 6.07) is 4.63. The van der Waals surface area contributed by atoms with Gasteiger partial charge in [-0.25, -0.2) is 4.39 Å². The molecule has 0 saturated carbocycles. The zero-order valence-electron chi connectivity index (χ0n) is 9.54. The van der Waals surface area contributed by atoms with Gasteiger partial charge in [-0.15, -0.1) is 0 Å². The van der Waals surface area contributed by atoms with Crippen LogP contribution in [0, 0.1) is 18.7 Å². The van der Waals surface area contributed by atoms with Crippen LogP contribution in [0.2, 0.25) is 0 Å². The SMILES string of the molecule is Cc1ccc(F)cc1C(O)C1CCNCC1. The average molecular weight is 223 g/mol. The van der Waals surface area contributed by atoms with Crippen LogP contribution < -0.4 is 5.32 Å². The Morgan fingerprint density at radius 3 is 2.75 bits per heavy atom. The molecular weight excluding hydrogens is 205 g/mol. The second-order valence-electron chi connectivity index (χ2n) is 4.53. The Hall–Kier alpha value is -0.930. The molecule has 0 amide bonds. The lowest BCUT2D eigenvalue weighted by atomic mass is 9.86. The van der Waals surface area contributed by atoms with Crippen LogP contribution in [0.15, 0.2) is 18.2 Å². The summed E-state index contributed by atoms with van der Waals surface area (Å²) in [4.78, 5) is 0. The molecule has 1 atom stereocenters. The van der Waals surface area contributed by atoms with Gasteiger partial charge in [0.2, 0.25) is 0 Å². The highest BCUT2D eigenvalue weighted by molar-refractivity contribution is 5.29. The Morgan fingerprint density at radius 1 is 1.38 bits per heavy atom. The molecule has 88 valence electrons. The van der Waals surface area contributed by atoms with Crippen LogP contribution in [0.3, 0.4) is 0 Å². The molecule has 2 nitrogen and oxygen atoms in total. The first-order valence-corrected chi connectivity index (χ1v) is 5.83. The molecule has 1 aliphatic heterocycles. The van der Waals surface area contributed by atoms with Crippen LogP contribution in [0.1, 0.15) is 30.1 Å². The molecule has 1 heterocycles. The fourth-order valence-corrected chi connectivity index (χ4v) is 2.34. The number of aliphatic hydroxyl groups is 1. The van der Waals surface area contributed by atoms with Gasteiger partial charge >= 0.3 is 0 Å². The maximum Gasteiger partial charge on any atom is 0.123 e. The van der Waals surface area contributed by atoms with Gasteiger partial charge in [0.05, 0.1) is 6.10 Å². The third-order valence-electron chi connectivity index (χ3n) is 3.39. The van der Waals surface area contributed by atoms with Crippen molar-refractivity contribution in [3.05, 3.63) is 35.1 Å². The first-order chi connectivity index (χ1) is 7.68. The summed E-state index contributed by atoms with van der Waals surface area (Å²) < 4.78 is 13.2. The molecule has 0 radical (unpaired) electrons. The molecule has 1 aromatic carbocycles. The summed E-state index contributed by atoms with van der Waals surface area (Å²) in [5, 5.41) is 13.5. The topological polar surface area (TPSA) is 32.3 Å². The van der Waals surface area contributed by atoms with Gasteiger partial charge in [-0.1, -0.05) is 6.07 Å². The van der Waals surface area contributed by atoms with E-state index in [1.807, 2.05) is 6.92 Å². The van der Waals surface area contributed by atoms with Gasteiger partial charge in [0.1, 0.15) is 5.82 Å². The van der Waals surface area contributed by atoms with Crippen molar-refractivity contribution < 1.29 is 9.50 Å². The number of hydrogen-bond donors (Lipinski definition) is 2. The Balaban J connectivity index is 2.18. The smallest absolute Gasteiger partial charge is 0.123 e. The molecule has 1 unspecified atom stereocenters. The standard InChI is InChI=1S/C13H18FNO/c1-9-2-3-11(14)8-12(9)13(16)10-4-6-15-7-5-10/h2-3,8,10,13,15-16H,4-7H2,1H3. The van der Waals surface area contributed by atoms with E-state index in [9.17, 15) is 9.50 Å². The molecule has 3 heteroatoms. The number of rotatable bonds is 2. The summed E-state index contributed by atoms with van der Waals surface area (Å²) in [5.41, 5.74) is 1.71. The second kappa shape index (κ2) is 4.93. The number of aliphatic hydroxyl groups excluding tert-OH is 1. The molecule has 1 aliphatic rings. The minimum absolute atomic E-state index is 0.252. The van der Waals surface area contributed by atoms with Crippen molar-refractivity contribution in [3.8, 4) is 0 Å². The number of benzene rings is 1. The van der Waals surface area contributed by atoms with Gasteiger partial charge in [0.25, 0.3) is 0 Å². The van der Waals surface area contributed by atoms with E-state index in [0.717, 1.165) is 37.1 Å². The van der Waals surface area contributed by atoms with E-state index in [1.54, 1.807) is 6.07 Å². The molecule has 16 heavy (non-hydrogen) atoms. The lowest BCUT2D eigenvalue weighted by Crippen LogP contribution is -2.31. The maximum atomic E-state index is 13.2. The lowest BCUT2D eigenvalue weighted by Gasteiger charge is -2.28. The molecule has 1 fully saturated rings. The predicted molar refractivity (Wildman–Crippen MR) is 61.7 cm³/mol. The third kappa shape index (κ3) is 2.42. The van der Waals surface area contributed by atoms with Crippen molar-refractivity contribution in [3.63, 3.8) is 0 Å². The zero-order valence-corrected chi connectivity index (χ0v) is 9.54. The second-order valence-corrected chi connectivity index (χ2v) is 4.53. The van der Waals surface area contributed by atoms with Gasteiger partial charge < -0.3 is 10.4 Å². The third-order valence-corrected chi connectivity index (χ3v) is 3.39. The van der Waals surface area contributed by atoms with Crippen molar-refractivity contribution >= 4 is 0 Å². The fraction of sp³-hybridized carbons (Fsp3) is 0.538. The Morgan fingerprint density at radius 2 is 2.06 bits per heavy atom. The highest BCUT2D eigenvalue weighted by Gasteiger charge is 2.24. The summed E-state index contributed by atoms with van der Waals surface area (Å²) in [6.45, 7) is 3.80. The van der Waals surface area contributed by atoms with Crippen LogP contribution in [0.25, 0.3) is 0 Å². The van der Waals surface area contributed by atoms with E-state index in [2.05, 4.69) is 5.32 Å². The van der Waals surface area contributed by atoms with Gasteiger partial charge in [0.15, 0.2) is 0 Å².